The minimum absolute atomic E-state index is 0.445. The highest BCUT2D eigenvalue weighted by Gasteiger charge is 2.02. The lowest BCUT2D eigenvalue weighted by molar-refractivity contribution is 0.566. The van der Waals surface area contributed by atoms with Crippen molar-refractivity contribution in [1.29, 1.82) is 0 Å². The van der Waals surface area contributed by atoms with E-state index in [9.17, 15) is 0 Å². The normalized spacial score (nSPS) is 11.3. The average molecular weight is 247 g/mol. The van der Waals surface area contributed by atoms with Crippen molar-refractivity contribution >= 4 is 11.5 Å². The van der Waals surface area contributed by atoms with Crippen molar-refractivity contribution in [1.82, 2.24) is 14.6 Å². The molecule has 2 heterocycles. The van der Waals surface area contributed by atoms with Gasteiger partial charge in [-0.2, -0.15) is 0 Å². The van der Waals surface area contributed by atoms with Crippen LogP contribution in [0.3, 0.4) is 0 Å². The molecule has 18 heavy (non-hydrogen) atoms. The molecule has 2 rings (SSSR count). The Balaban J connectivity index is 1.97. The lowest BCUT2D eigenvalue weighted by atomic mass is 10.1. The maximum absolute atomic E-state index is 5.56. The summed E-state index contributed by atoms with van der Waals surface area (Å²) in [6.07, 6.45) is 4.27. The van der Waals surface area contributed by atoms with Gasteiger partial charge in [0.2, 0.25) is 0 Å². The summed E-state index contributed by atoms with van der Waals surface area (Å²) in [5.41, 5.74) is 7.26. The van der Waals surface area contributed by atoms with E-state index < -0.39 is 0 Å². The summed E-state index contributed by atoms with van der Waals surface area (Å²) < 4.78 is 1.77. The molecule has 3 N–H and O–H groups in total. The Bertz CT molecular complexity index is 503. The first-order valence-corrected chi connectivity index (χ1v) is 6.48. The molecule has 0 aromatic carbocycles. The number of aromatic nitrogens is 3. The minimum atomic E-state index is 0.445. The summed E-state index contributed by atoms with van der Waals surface area (Å²) in [7, 11) is 0. The first-order valence-electron chi connectivity index (χ1n) is 6.48. The van der Waals surface area contributed by atoms with Gasteiger partial charge in [0.1, 0.15) is 5.82 Å². The van der Waals surface area contributed by atoms with Crippen LogP contribution in [0.5, 0.6) is 0 Å². The van der Waals surface area contributed by atoms with Crippen LogP contribution in [0, 0.1) is 5.92 Å². The van der Waals surface area contributed by atoms with Crippen molar-refractivity contribution in [3.05, 3.63) is 24.0 Å². The number of hydrogen-bond donors (Lipinski definition) is 2. The number of nitrogens with two attached hydrogens (primary N) is 1. The molecule has 2 aromatic rings. The Morgan fingerprint density at radius 1 is 1.39 bits per heavy atom. The Labute approximate surface area is 107 Å². The van der Waals surface area contributed by atoms with Crippen LogP contribution >= 0.6 is 0 Å². The third-order valence-electron chi connectivity index (χ3n) is 2.84. The Morgan fingerprint density at radius 2 is 2.22 bits per heavy atom. The van der Waals surface area contributed by atoms with E-state index in [1.807, 2.05) is 18.3 Å². The fourth-order valence-electron chi connectivity index (χ4n) is 1.85. The Morgan fingerprint density at radius 3 is 2.94 bits per heavy atom. The first kappa shape index (κ1) is 12.8. The zero-order valence-electron chi connectivity index (χ0n) is 11.1. The molecule has 0 amide bonds. The molecule has 5 nitrogen and oxygen atoms in total. The molecule has 2 aromatic heterocycles. The number of nitrogens with one attached hydrogen (secondary N) is 1. The number of rotatable bonds is 6. The van der Waals surface area contributed by atoms with Gasteiger partial charge in [-0.1, -0.05) is 13.8 Å². The largest absolute Gasteiger partial charge is 0.369 e. The number of hydrogen-bond acceptors (Lipinski definition) is 4. The van der Waals surface area contributed by atoms with Crippen LogP contribution in [-0.2, 0) is 6.54 Å². The van der Waals surface area contributed by atoms with E-state index in [2.05, 4.69) is 29.2 Å². The topological polar surface area (TPSA) is 68.2 Å². The molecule has 0 atom stereocenters. The van der Waals surface area contributed by atoms with E-state index in [-0.39, 0.29) is 0 Å². The molecular formula is C13H21N5. The van der Waals surface area contributed by atoms with Crippen molar-refractivity contribution in [3.63, 3.8) is 0 Å². The predicted octanol–water partition coefficient (Wildman–Crippen LogP) is 2.04. The highest BCUT2D eigenvalue weighted by molar-refractivity contribution is 5.45. The number of imidazole rings is 1. The van der Waals surface area contributed by atoms with Crippen molar-refractivity contribution in [2.75, 3.05) is 11.9 Å². The van der Waals surface area contributed by atoms with Crippen molar-refractivity contribution in [2.24, 2.45) is 11.7 Å². The summed E-state index contributed by atoms with van der Waals surface area (Å²) in [5, 5.41) is 7.78. The van der Waals surface area contributed by atoms with E-state index in [4.69, 9.17) is 5.73 Å². The van der Waals surface area contributed by atoms with Crippen LogP contribution in [-0.4, -0.2) is 21.1 Å². The molecule has 0 aliphatic carbocycles. The van der Waals surface area contributed by atoms with Gasteiger partial charge in [0, 0.05) is 13.1 Å². The SMILES string of the molecule is CC(C)CCCNc1ccc2nc(CN)cn2n1. The molecule has 0 aliphatic heterocycles. The smallest absolute Gasteiger partial charge is 0.153 e. The van der Waals surface area contributed by atoms with Gasteiger partial charge in [-0.25, -0.2) is 9.50 Å². The van der Waals surface area contributed by atoms with Gasteiger partial charge in [-0.05, 0) is 30.9 Å². The molecule has 0 radical (unpaired) electrons. The van der Waals surface area contributed by atoms with E-state index >= 15 is 0 Å². The highest BCUT2D eigenvalue weighted by atomic mass is 15.3. The van der Waals surface area contributed by atoms with Gasteiger partial charge >= 0.3 is 0 Å². The second-order valence-corrected chi connectivity index (χ2v) is 4.92. The molecule has 98 valence electrons. The van der Waals surface area contributed by atoms with Crippen LogP contribution in [0.15, 0.2) is 18.3 Å². The van der Waals surface area contributed by atoms with Gasteiger partial charge in [0.05, 0.1) is 11.9 Å². The standard InChI is InChI=1S/C13H21N5/c1-10(2)4-3-7-15-12-5-6-13-16-11(8-14)9-18(13)17-12/h5-6,9-10H,3-4,7-8,14H2,1-2H3,(H,15,17). The third kappa shape index (κ3) is 3.20. The molecule has 0 aliphatic rings. The zero-order chi connectivity index (χ0) is 13.0. The number of nitrogens with zero attached hydrogens (tertiary/aromatic N) is 3. The van der Waals surface area contributed by atoms with Gasteiger partial charge in [-0.15, -0.1) is 5.10 Å². The Kier molecular flexibility index (Phi) is 4.15. The van der Waals surface area contributed by atoms with Crippen molar-refractivity contribution < 1.29 is 0 Å². The van der Waals surface area contributed by atoms with Crippen LogP contribution in [0.1, 0.15) is 32.4 Å². The lowest BCUT2D eigenvalue weighted by Crippen LogP contribution is -2.06. The maximum atomic E-state index is 5.56. The third-order valence-corrected chi connectivity index (χ3v) is 2.84. The lowest BCUT2D eigenvalue weighted by Gasteiger charge is -2.07. The van der Waals surface area contributed by atoms with Crippen LogP contribution < -0.4 is 11.1 Å². The van der Waals surface area contributed by atoms with Gasteiger partial charge in [0.25, 0.3) is 0 Å². The van der Waals surface area contributed by atoms with Crippen molar-refractivity contribution in [2.45, 2.75) is 33.2 Å². The first-order chi connectivity index (χ1) is 8.69. The molecular weight excluding hydrogens is 226 g/mol. The van der Waals surface area contributed by atoms with Crippen molar-refractivity contribution in [3.8, 4) is 0 Å². The molecule has 0 saturated carbocycles. The predicted molar refractivity (Wildman–Crippen MR) is 73.4 cm³/mol. The second kappa shape index (κ2) is 5.82. The van der Waals surface area contributed by atoms with E-state index in [1.54, 1.807) is 4.52 Å². The van der Waals surface area contributed by atoms with Gasteiger partial charge in [0.15, 0.2) is 5.65 Å². The zero-order valence-corrected chi connectivity index (χ0v) is 11.1. The molecule has 0 spiro atoms. The number of anilines is 1. The van der Waals surface area contributed by atoms with E-state index in [0.29, 0.717) is 6.54 Å². The summed E-state index contributed by atoms with van der Waals surface area (Å²) in [6, 6.07) is 3.91. The van der Waals surface area contributed by atoms with Crippen LogP contribution in [0.2, 0.25) is 0 Å². The minimum Gasteiger partial charge on any atom is -0.369 e. The maximum Gasteiger partial charge on any atom is 0.153 e. The van der Waals surface area contributed by atoms with E-state index in [1.165, 1.54) is 6.42 Å². The molecule has 0 unspecified atom stereocenters. The van der Waals surface area contributed by atoms with Crippen LogP contribution in [0.4, 0.5) is 5.82 Å². The van der Waals surface area contributed by atoms with Crippen LogP contribution in [0.25, 0.3) is 5.65 Å². The monoisotopic (exact) mass is 247 g/mol. The van der Waals surface area contributed by atoms with Gasteiger partial charge < -0.3 is 11.1 Å². The Hall–Kier alpha value is -1.62. The quantitative estimate of drug-likeness (QED) is 0.766. The fourth-order valence-corrected chi connectivity index (χ4v) is 1.85. The molecule has 0 bridgehead atoms. The molecule has 5 heteroatoms. The van der Waals surface area contributed by atoms with Gasteiger partial charge in [-0.3, -0.25) is 0 Å². The summed E-state index contributed by atoms with van der Waals surface area (Å²) >= 11 is 0. The fraction of sp³-hybridized carbons (Fsp3) is 0.538. The summed E-state index contributed by atoms with van der Waals surface area (Å²) in [6.45, 7) is 5.88. The number of fused-ring (bicyclic) bond motifs is 1. The summed E-state index contributed by atoms with van der Waals surface area (Å²) in [4.78, 5) is 4.34. The summed E-state index contributed by atoms with van der Waals surface area (Å²) in [5.74, 6) is 1.63. The highest BCUT2D eigenvalue weighted by Crippen LogP contribution is 2.09. The van der Waals surface area contributed by atoms with E-state index in [0.717, 1.165) is 36.0 Å². The second-order valence-electron chi connectivity index (χ2n) is 4.92. The molecule has 0 saturated heterocycles. The average Bonchev–Trinajstić information content (AvgIpc) is 2.76. The molecule has 0 fully saturated rings.